The maximum Gasteiger partial charge on any atom is 0.224 e. The number of aromatic nitrogens is 1. The van der Waals surface area contributed by atoms with Crippen molar-refractivity contribution in [2.24, 2.45) is 5.92 Å². The maximum atomic E-state index is 12.7. The first kappa shape index (κ1) is 16.5. The zero-order valence-corrected chi connectivity index (χ0v) is 14.5. The summed E-state index contributed by atoms with van der Waals surface area (Å²) in [4.78, 5) is 19.6. The number of benzene rings is 1. The fourth-order valence-electron chi connectivity index (χ4n) is 4.29. The lowest BCUT2D eigenvalue weighted by Gasteiger charge is -2.35. The molecule has 1 aromatic carbocycles. The van der Waals surface area contributed by atoms with Crippen LogP contribution in [0.25, 0.3) is 10.9 Å². The van der Waals surface area contributed by atoms with Gasteiger partial charge in [-0.1, -0.05) is 24.6 Å². The van der Waals surface area contributed by atoms with Gasteiger partial charge < -0.3 is 10.1 Å². The number of hydrogen-bond donors (Lipinski definition) is 1. The second-order valence-corrected chi connectivity index (χ2v) is 7.04. The van der Waals surface area contributed by atoms with Gasteiger partial charge in [0.15, 0.2) is 0 Å². The Kier molecular flexibility index (Phi) is 4.95. The van der Waals surface area contributed by atoms with Gasteiger partial charge in [-0.2, -0.15) is 0 Å². The maximum absolute atomic E-state index is 12.7. The SMILES string of the molecule is O=C(CC1CCCC1N1CCOCC1)Nc1cccc2cccnc12. The zero-order chi connectivity index (χ0) is 17.1. The molecule has 1 saturated heterocycles. The number of nitrogens with zero attached hydrogens (tertiary/aromatic N) is 2. The third-order valence-corrected chi connectivity index (χ3v) is 5.49. The van der Waals surface area contributed by atoms with Gasteiger partial charge >= 0.3 is 0 Å². The molecule has 1 saturated carbocycles. The number of amides is 1. The third-order valence-electron chi connectivity index (χ3n) is 5.49. The van der Waals surface area contributed by atoms with E-state index >= 15 is 0 Å². The largest absolute Gasteiger partial charge is 0.379 e. The molecule has 132 valence electrons. The van der Waals surface area contributed by atoms with E-state index in [-0.39, 0.29) is 5.91 Å². The first-order chi connectivity index (χ1) is 12.3. The molecule has 2 unspecified atom stereocenters. The highest BCUT2D eigenvalue weighted by Gasteiger charge is 2.34. The molecule has 2 aliphatic rings. The average Bonchev–Trinajstić information content (AvgIpc) is 3.11. The molecule has 0 radical (unpaired) electrons. The molecule has 1 N–H and O–H groups in total. The number of morpholine rings is 1. The summed E-state index contributed by atoms with van der Waals surface area (Å²) in [5, 5.41) is 4.14. The highest BCUT2D eigenvalue weighted by molar-refractivity contribution is 6.00. The minimum atomic E-state index is 0.100. The third kappa shape index (κ3) is 3.67. The van der Waals surface area contributed by atoms with Gasteiger partial charge in [0.25, 0.3) is 0 Å². The minimum Gasteiger partial charge on any atom is -0.379 e. The fourth-order valence-corrected chi connectivity index (χ4v) is 4.29. The van der Waals surface area contributed by atoms with Crippen LogP contribution in [0.1, 0.15) is 25.7 Å². The van der Waals surface area contributed by atoms with Gasteiger partial charge in [0.05, 0.1) is 24.4 Å². The first-order valence-corrected chi connectivity index (χ1v) is 9.26. The van der Waals surface area contributed by atoms with Crippen molar-refractivity contribution in [1.82, 2.24) is 9.88 Å². The molecule has 1 aliphatic carbocycles. The molecule has 1 aliphatic heterocycles. The number of rotatable bonds is 4. The van der Waals surface area contributed by atoms with E-state index in [1.54, 1.807) is 6.20 Å². The summed E-state index contributed by atoms with van der Waals surface area (Å²) in [5.74, 6) is 0.546. The molecule has 0 spiro atoms. The Bertz CT molecular complexity index is 737. The van der Waals surface area contributed by atoms with E-state index < -0.39 is 0 Å². The Hall–Kier alpha value is -1.98. The summed E-state index contributed by atoms with van der Waals surface area (Å²) in [6.07, 6.45) is 5.92. The molecule has 4 rings (SSSR count). The molecule has 2 fully saturated rings. The smallest absolute Gasteiger partial charge is 0.224 e. The number of fused-ring (bicyclic) bond motifs is 1. The number of ether oxygens (including phenoxy) is 1. The van der Waals surface area contributed by atoms with Crippen LogP contribution >= 0.6 is 0 Å². The van der Waals surface area contributed by atoms with E-state index in [4.69, 9.17) is 4.74 Å². The summed E-state index contributed by atoms with van der Waals surface area (Å²) in [5.41, 5.74) is 1.67. The number of carbonyl (C=O) groups excluding carboxylic acids is 1. The Morgan fingerprint density at radius 1 is 1.20 bits per heavy atom. The number of para-hydroxylation sites is 1. The topological polar surface area (TPSA) is 54.5 Å². The van der Waals surface area contributed by atoms with Crippen molar-refractivity contribution in [1.29, 1.82) is 0 Å². The van der Waals surface area contributed by atoms with Gasteiger partial charge in [-0.3, -0.25) is 14.7 Å². The Labute approximate surface area is 148 Å². The van der Waals surface area contributed by atoms with Crippen LogP contribution < -0.4 is 5.32 Å². The van der Waals surface area contributed by atoms with Gasteiger partial charge in [0, 0.05) is 37.1 Å². The quantitative estimate of drug-likeness (QED) is 0.930. The van der Waals surface area contributed by atoms with Gasteiger partial charge in [-0.25, -0.2) is 0 Å². The number of pyridine rings is 1. The van der Waals surface area contributed by atoms with Crippen LogP contribution in [0.15, 0.2) is 36.5 Å². The fraction of sp³-hybridized carbons (Fsp3) is 0.500. The van der Waals surface area contributed by atoms with E-state index in [9.17, 15) is 4.79 Å². The normalized spacial score (nSPS) is 24.5. The number of hydrogen-bond acceptors (Lipinski definition) is 4. The molecule has 2 aromatic rings. The Balaban J connectivity index is 1.42. The number of anilines is 1. The van der Waals surface area contributed by atoms with Crippen LogP contribution in [0.2, 0.25) is 0 Å². The monoisotopic (exact) mass is 339 g/mol. The molecular weight excluding hydrogens is 314 g/mol. The van der Waals surface area contributed by atoms with Gasteiger partial charge in [0.1, 0.15) is 0 Å². The minimum absolute atomic E-state index is 0.100. The van der Waals surface area contributed by atoms with E-state index in [1.807, 2.05) is 30.3 Å². The summed E-state index contributed by atoms with van der Waals surface area (Å²) >= 11 is 0. The van der Waals surface area contributed by atoms with Crippen LogP contribution in [0.4, 0.5) is 5.69 Å². The van der Waals surface area contributed by atoms with Crippen molar-refractivity contribution in [2.45, 2.75) is 31.7 Å². The standard InChI is InChI=1S/C20H25N3O2/c24-19(22-17-7-1-4-15-6-3-9-21-20(15)17)14-16-5-2-8-18(16)23-10-12-25-13-11-23/h1,3-4,6-7,9,16,18H,2,5,8,10-14H2,(H,22,24). The summed E-state index contributed by atoms with van der Waals surface area (Å²) in [6, 6.07) is 10.4. The molecule has 2 heterocycles. The highest BCUT2D eigenvalue weighted by Crippen LogP contribution is 2.33. The number of nitrogens with one attached hydrogen (secondary N) is 1. The lowest BCUT2D eigenvalue weighted by Crippen LogP contribution is -2.45. The second-order valence-electron chi connectivity index (χ2n) is 7.04. The van der Waals surface area contributed by atoms with E-state index in [1.165, 1.54) is 12.8 Å². The van der Waals surface area contributed by atoms with Crippen LogP contribution in [0, 0.1) is 5.92 Å². The highest BCUT2D eigenvalue weighted by atomic mass is 16.5. The van der Waals surface area contributed by atoms with Gasteiger partial charge in [-0.15, -0.1) is 0 Å². The molecular formula is C20H25N3O2. The van der Waals surface area contributed by atoms with E-state index in [0.29, 0.717) is 18.4 Å². The lowest BCUT2D eigenvalue weighted by molar-refractivity contribution is -0.117. The van der Waals surface area contributed by atoms with Crippen LogP contribution in [-0.4, -0.2) is 48.1 Å². The van der Waals surface area contributed by atoms with Gasteiger partial charge in [0.2, 0.25) is 5.91 Å². The van der Waals surface area contributed by atoms with Crippen molar-refractivity contribution in [3.8, 4) is 0 Å². The Morgan fingerprint density at radius 2 is 2.04 bits per heavy atom. The van der Waals surface area contributed by atoms with Crippen LogP contribution in [-0.2, 0) is 9.53 Å². The predicted molar refractivity (Wildman–Crippen MR) is 98.5 cm³/mol. The zero-order valence-electron chi connectivity index (χ0n) is 14.5. The van der Waals surface area contributed by atoms with E-state index in [2.05, 4.69) is 15.2 Å². The molecule has 1 amide bonds. The molecule has 25 heavy (non-hydrogen) atoms. The molecule has 0 bridgehead atoms. The number of carbonyl (C=O) groups is 1. The van der Waals surface area contributed by atoms with E-state index in [0.717, 1.165) is 49.3 Å². The average molecular weight is 339 g/mol. The summed E-state index contributed by atoms with van der Waals surface area (Å²) < 4.78 is 5.47. The first-order valence-electron chi connectivity index (χ1n) is 9.26. The van der Waals surface area contributed by atoms with Crippen molar-refractivity contribution in [3.63, 3.8) is 0 Å². The van der Waals surface area contributed by atoms with Crippen LogP contribution in [0.5, 0.6) is 0 Å². The molecule has 2 atom stereocenters. The van der Waals surface area contributed by atoms with Crippen molar-refractivity contribution >= 4 is 22.5 Å². The lowest BCUT2D eigenvalue weighted by atomic mass is 9.97. The van der Waals surface area contributed by atoms with Crippen molar-refractivity contribution in [2.75, 3.05) is 31.6 Å². The second kappa shape index (κ2) is 7.50. The van der Waals surface area contributed by atoms with Crippen LogP contribution in [0.3, 0.4) is 0 Å². The van der Waals surface area contributed by atoms with Crippen molar-refractivity contribution in [3.05, 3.63) is 36.5 Å². The predicted octanol–water partition coefficient (Wildman–Crippen LogP) is 3.06. The molecule has 1 aromatic heterocycles. The molecule has 5 heteroatoms. The van der Waals surface area contributed by atoms with Crippen molar-refractivity contribution < 1.29 is 9.53 Å². The Morgan fingerprint density at radius 3 is 2.92 bits per heavy atom. The molecule has 5 nitrogen and oxygen atoms in total. The van der Waals surface area contributed by atoms with Gasteiger partial charge in [-0.05, 0) is 30.9 Å². The summed E-state index contributed by atoms with van der Waals surface area (Å²) in [6.45, 7) is 3.63. The summed E-state index contributed by atoms with van der Waals surface area (Å²) in [7, 11) is 0.